The van der Waals surface area contributed by atoms with Gasteiger partial charge in [-0.1, -0.05) is 13.3 Å². The van der Waals surface area contributed by atoms with Crippen molar-refractivity contribution in [2.75, 3.05) is 31.3 Å². The molecule has 0 aromatic heterocycles. The first kappa shape index (κ1) is 16.3. The number of nitrogens with one attached hydrogen (secondary N) is 2. The van der Waals surface area contributed by atoms with Crippen molar-refractivity contribution in [3.63, 3.8) is 0 Å². The fourth-order valence-electron chi connectivity index (χ4n) is 2.05. The molecule has 0 aliphatic carbocycles. The van der Waals surface area contributed by atoms with Gasteiger partial charge in [0.15, 0.2) is 0 Å². The fourth-order valence-corrected chi connectivity index (χ4v) is 2.05. The largest absolute Gasteiger partial charge is 0.397 e. The molecular formula is C15H25N3O2. The Bertz CT molecular complexity index is 429. The second-order valence-electron chi connectivity index (χ2n) is 4.75. The summed E-state index contributed by atoms with van der Waals surface area (Å²) in [5, 5.41) is 6.14. The van der Waals surface area contributed by atoms with Gasteiger partial charge in [0.1, 0.15) is 0 Å². The Labute approximate surface area is 120 Å². The lowest BCUT2D eigenvalue weighted by molar-refractivity contribution is 0.0956. The molecule has 5 nitrogen and oxygen atoms in total. The Morgan fingerprint density at radius 2 is 2.15 bits per heavy atom. The van der Waals surface area contributed by atoms with Crippen LogP contribution in [0.5, 0.6) is 0 Å². The molecule has 1 aromatic carbocycles. The van der Waals surface area contributed by atoms with Crippen molar-refractivity contribution in [1.82, 2.24) is 5.32 Å². The van der Waals surface area contributed by atoms with Crippen molar-refractivity contribution in [1.29, 1.82) is 0 Å². The number of carbonyl (C=O) groups excluding carboxylic acids is 1. The Hall–Kier alpha value is -1.75. The smallest absolute Gasteiger partial charge is 0.251 e. The lowest BCUT2D eigenvalue weighted by Gasteiger charge is -2.20. The van der Waals surface area contributed by atoms with Gasteiger partial charge in [-0.15, -0.1) is 0 Å². The zero-order valence-electron chi connectivity index (χ0n) is 12.5. The molecule has 20 heavy (non-hydrogen) atoms. The van der Waals surface area contributed by atoms with Gasteiger partial charge in [0.25, 0.3) is 5.91 Å². The van der Waals surface area contributed by atoms with Crippen molar-refractivity contribution in [2.24, 2.45) is 0 Å². The van der Waals surface area contributed by atoms with Crippen LogP contribution in [0.3, 0.4) is 0 Å². The lowest BCUT2D eigenvalue weighted by Crippen LogP contribution is -2.26. The van der Waals surface area contributed by atoms with Crippen LogP contribution in [0.15, 0.2) is 18.2 Å². The monoisotopic (exact) mass is 279 g/mol. The molecule has 0 fully saturated rings. The molecule has 0 aliphatic heterocycles. The van der Waals surface area contributed by atoms with Crippen molar-refractivity contribution < 1.29 is 9.53 Å². The third-order valence-electron chi connectivity index (χ3n) is 3.02. The number of nitrogens with two attached hydrogens (primary N) is 1. The average molecular weight is 279 g/mol. The standard InChI is InChI=1S/C15H25N3O2/c1-4-6-12(10-20-3)18-14-9-11(7-8-13(14)16)15(19)17-5-2/h7-9,12,18H,4-6,10,16H2,1-3H3,(H,17,19). The first-order chi connectivity index (χ1) is 9.62. The zero-order valence-corrected chi connectivity index (χ0v) is 12.5. The van der Waals surface area contributed by atoms with Crippen LogP contribution >= 0.6 is 0 Å². The molecule has 0 saturated heterocycles. The van der Waals surface area contributed by atoms with Crippen LogP contribution in [0.25, 0.3) is 0 Å². The van der Waals surface area contributed by atoms with Crippen LogP contribution in [0.1, 0.15) is 37.0 Å². The Morgan fingerprint density at radius 1 is 1.40 bits per heavy atom. The number of nitrogen functional groups attached to an aromatic ring is 1. The first-order valence-electron chi connectivity index (χ1n) is 7.05. The first-order valence-corrected chi connectivity index (χ1v) is 7.05. The van der Waals surface area contributed by atoms with Gasteiger partial charge in [0.05, 0.1) is 18.0 Å². The average Bonchev–Trinajstić information content (AvgIpc) is 2.42. The maximum atomic E-state index is 11.8. The van der Waals surface area contributed by atoms with Crippen LogP contribution in [0.4, 0.5) is 11.4 Å². The minimum absolute atomic E-state index is 0.0886. The van der Waals surface area contributed by atoms with E-state index in [1.54, 1.807) is 25.3 Å². The summed E-state index contributed by atoms with van der Waals surface area (Å²) in [7, 11) is 1.68. The van der Waals surface area contributed by atoms with Crippen molar-refractivity contribution >= 4 is 17.3 Å². The van der Waals surface area contributed by atoms with E-state index < -0.39 is 0 Å². The van der Waals surface area contributed by atoms with E-state index in [1.165, 1.54) is 0 Å². The van der Waals surface area contributed by atoms with E-state index in [2.05, 4.69) is 17.6 Å². The van der Waals surface area contributed by atoms with Gasteiger partial charge in [-0.25, -0.2) is 0 Å². The third-order valence-corrected chi connectivity index (χ3v) is 3.02. The minimum atomic E-state index is -0.0886. The van der Waals surface area contributed by atoms with E-state index >= 15 is 0 Å². The van der Waals surface area contributed by atoms with Gasteiger partial charge in [-0.3, -0.25) is 4.79 Å². The van der Waals surface area contributed by atoms with Crippen molar-refractivity contribution in [3.8, 4) is 0 Å². The Kier molecular flexibility index (Phi) is 6.87. The van der Waals surface area contributed by atoms with E-state index in [4.69, 9.17) is 10.5 Å². The quantitative estimate of drug-likeness (QED) is 0.638. The molecule has 0 spiro atoms. The number of anilines is 2. The van der Waals surface area contributed by atoms with Crippen LogP contribution < -0.4 is 16.4 Å². The number of methoxy groups -OCH3 is 1. The summed E-state index contributed by atoms with van der Waals surface area (Å²) in [6.45, 7) is 5.23. The summed E-state index contributed by atoms with van der Waals surface area (Å²) in [6, 6.07) is 5.47. The molecule has 0 heterocycles. The SMILES string of the molecule is CCCC(COC)Nc1cc(C(=O)NCC)ccc1N. The highest BCUT2D eigenvalue weighted by molar-refractivity contribution is 5.96. The third kappa shape index (κ3) is 4.74. The molecular weight excluding hydrogens is 254 g/mol. The number of benzene rings is 1. The van der Waals surface area contributed by atoms with E-state index in [0.717, 1.165) is 18.5 Å². The number of ether oxygens (including phenoxy) is 1. The Morgan fingerprint density at radius 3 is 2.75 bits per heavy atom. The number of carbonyl (C=O) groups is 1. The summed E-state index contributed by atoms with van der Waals surface area (Å²) in [4.78, 5) is 11.8. The molecule has 1 atom stereocenters. The summed E-state index contributed by atoms with van der Waals surface area (Å²) in [5.41, 5.74) is 7.99. The van der Waals surface area contributed by atoms with Gasteiger partial charge in [0.2, 0.25) is 0 Å². The highest BCUT2D eigenvalue weighted by atomic mass is 16.5. The minimum Gasteiger partial charge on any atom is -0.397 e. The van der Waals surface area contributed by atoms with Gasteiger partial charge >= 0.3 is 0 Å². The Balaban J connectivity index is 2.86. The number of rotatable bonds is 8. The zero-order chi connectivity index (χ0) is 15.0. The van der Waals surface area contributed by atoms with Gasteiger partial charge in [0, 0.05) is 25.3 Å². The van der Waals surface area contributed by atoms with Crippen molar-refractivity contribution in [2.45, 2.75) is 32.7 Å². The molecule has 1 rings (SSSR count). The number of hydrogen-bond acceptors (Lipinski definition) is 4. The molecule has 0 saturated carbocycles. The van der Waals surface area contributed by atoms with E-state index in [-0.39, 0.29) is 11.9 Å². The van der Waals surface area contributed by atoms with Crippen LogP contribution in [-0.4, -0.2) is 32.2 Å². The normalized spacial score (nSPS) is 11.9. The highest BCUT2D eigenvalue weighted by Crippen LogP contribution is 2.22. The molecule has 4 N–H and O–H groups in total. The molecule has 1 aromatic rings. The summed E-state index contributed by atoms with van der Waals surface area (Å²) in [6.07, 6.45) is 2.04. The fraction of sp³-hybridized carbons (Fsp3) is 0.533. The second-order valence-corrected chi connectivity index (χ2v) is 4.75. The molecule has 1 unspecified atom stereocenters. The number of hydrogen-bond donors (Lipinski definition) is 3. The lowest BCUT2D eigenvalue weighted by atomic mass is 10.1. The van der Waals surface area contributed by atoms with E-state index in [9.17, 15) is 4.79 Å². The molecule has 0 bridgehead atoms. The summed E-state index contributed by atoms with van der Waals surface area (Å²) >= 11 is 0. The molecule has 1 amide bonds. The predicted molar refractivity (Wildman–Crippen MR) is 83.1 cm³/mol. The maximum absolute atomic E-state index is 11.8. The predicted octanol–water partition coefficient (Wildman–Crippen LogP) is 2.25. The van der Waals surface area contributed by atoms with Gasteiger partial charge < -0.3 is 21.1 Å². The molecule has 112 valence electrons. The van der Waals surface area contributed by atoms with Crippen LogP contribution in [0.2, 0.25) is 0 Å². The van der Waals surface area contributed by atoms with E-state index in [0.29, 0.717) is 24.4 Å². The maximum Gasteiger partial charge on any atom is 0.251 e. The topological polar surface area (TPSA) is 76.4 Å². The van der Waals surface area contributed by atoms with Gasteiger partial charge in [-0.2, -0.15) is 0 Å². The van der Waals surface area contributed by atoms with Crippen molar-refractivity contribution in [3.05, 3.63) is 23.8 Å². The van der Waals surface area contributed by atoms with Crippen LogP contribution in [-0.2, 0) is 4.74 Å². The summed E-state index contributed by atoms with van der Waals surface area (Å²) in [5.74, 6) is -0.0886. The number of amides is 1. The second kappa shape index (κ2) is 8.43. The van der Waals surface area contributed by atoms with Gasteiger partial charge in [-0.05, 0) is 31.5 Å². The summed E-state index contributed by atoms with van der Waals surface area (Å²) < 4.78 is 5.20. The van der Waals surface area contributed by atoms with E-state index in [1.807, 2.05) is 6.92 Å². The molecule has 5 heteroatoms. The molecule has 0 aliphatic rings. The van der Waals surface area contributed by atoms with Crippen LogP contribution in [0, 0.1) is 0 Å². The highest BCUT2D eigenvalue weighted by Gasteiger charge is 2.12. The molecule has 0 radical (unpaired) electrons.